The second-order valence-corrected chi connectivity index (χ2v) is 13.4. The second-order valence-electron chi connectivity index (χ2n) is 13.4. The van der Waals surface area contributed by atoms with Crippen molar-refractivity contribution in [2.75, 3.05) is 12.4 Å². The van der Waals surface area contributed by atoms with E-state index in [1.54, 1.807) is 39.8 Å². The summed E-state index contributed by atoms with van der Waals surface area (Å²) in [5.74, 6) is -7.99. The van der Waals surface area contributed by atoms with Gasteiger partial charge in [0.25, 0.3) is 11.7 Å². The van der Waals surface area contributed by atoms with Crippen molar-refractivity contribution in [1.82, 2.24) is 0 Å². The monoisotopic (exact) mass is 720 g/mol. The van der Waals surface area contributed by atoms with E-state index in [1.807, 2.05) is 0 Å². The Kier molecular flexibility index (Phi) is 13.4. The molecule has 13 nitrogen and oxygen atoms in total. The number of amides is 1. The Labute approximate surface area is 319 Å². The largest absolute Gasteiger partial charge is 0.507 e. The van der Waals surface area contributed by atoms with Crippen molar-refractivity contribution in [3.63, 3.8) is 0 Å². The number of nitrogens with one attached hydrogen (secondary N) is 1. The molecule has 273 valence electrons. The van der Waals surface area contributed by atoms with Gasteiger partial charge in [-0.1, -0.05) is 45.9 Å². The molecule has 5 bridgehead atoms. The number of methoxy groups -OCH3 is 1. The number of aliphatic hydroxyl groups is 2. The molecule has 14 heteroatoms. The Bertz CT molecular complexity index is 1770. The number of carbonyl (C=O) groups is 3. The number of fused-ring (bicyclic) bond motifs is 14. The van der Waals surface area contributed by atoms with Gasteiger partial charge in [-0.2, -0.15) is 0 Å². The Morgan fingerprint density at radius 1 is 0.941 bits per heavy atom. The van der Waals surface area contributed by atoms with E-state index >= 15 is 0 Å². The number of Topliss-reactive ketones (excluding diaryl/α,β-unsaturated/α-hetero) is 1. The number of ketones is 1. The third-order valence-electron chi connectivity index (χ3n) is 9.84. The molecule has 3 aliphatic rings. The molecule has 9 atom stereocenters. The normalized spacial score (nSPS) is 31.9. The van der Waals surface area contributed by atoms with E-state index in [1.165, 1.54) is 53.2 Å². The van der Waals surface area contributed by atoms with Gasteiger partial charge in [-0.15, -0.1) is 0 Å². The van der Waals surface area contributed by atoms with Crippen molar-refractivity contribution >= 4 is 63.7 Å². The summed E-state index contributed by atoms with van der Waals surface area (Å²) in [7, 11) is 1.43. The Hall–Kier alpha value is -3.59. The van der Waals surface area contributed by atoms with Crippen LogP contribution in [0.5, 0.6) is 23.0 Å². The summed E-state index contributed by atoms with van der Waals surface area (Å²) in [5, 5.41) is 58.2. The molecule has 2 aromatic carbocycles. The van der Waals surface area contributed by atoms with E-state index in [0.717, 1.165) is 6.07 Å². The molecule has 0 spiro atoms. The van der Waals surface area contributed by atoms with Crippen LogP contribution in [0.2, 0.25) is 0 Å². The first-order valence-electron chi connectivity index (χ1n) is 16.4. The number of hydrogen-bond donors (Lipinski definition) is 6. The standard InChI is InChI=1S/C37H47NO12.Na/c1-16-11-10-12-17(2)36(46)38-23-15-24(40)26-27(32(23)44)31(43)21(6)34-28(26)35(45)37(8,50-34)48-14-13-25(47-9)18(3)33(49-22(7)39)20(5)30(42)19(4)29(16)41;/h10-16,18-20,25,29-30,33,40-44H,1-9H3,(H,38,46);/b11-10-,14-13?,17-12-;/t16-,18+,19+,20+,25-,29-,30+,33+,37-;/m0./s1. The van der Waals surface area contributed by atoms with Crippen molar-refractivity contribution in [1.29, 1.82) is 0 Å². The van der Waals surface area contributed by atoms with E-state index in [9.17, 15) is 39.9 Å². The van der Waals surface area contributed by atoms with E-state index in [0.29, 0.717) is 0 Å². The molecule has 5 rings (SSSR count). The number of anilines is 1. The Morgan fingerprint density at radius 3 is 2.20 bits per heavy atom. The molecular weight excluding hydrogens is 673 g/mol. The first-order chi connectivity index (χ1) is 23.4. The predicted molar refractivity (Wildman–Crippen MR) is 190 cm³/mol. The second kappa shape index (κ2) is 16.4. The van der Waals surface area contributed by atoms with Gasteiger partial charge in [-0.25, -0.2) is 0 Å². The van der Waals surface area contributed by atoms with Gasteiger partial charge >= 0.3 is 11.8 Å². The van der Waals surface area contributed by atoms with Gasteiger partial charge in [-0.3, -0.25) is 14.4 Å². The van der Waals surface area contributed by atoms with E-state index in [4.69, 9.17) is 18.9 Å². The number of hydrogen-bond acceptors (Lipinski definition) is 12. The van der Waals surface area contributed by atoms with Crippen molar-refractivity contribution in [3.05, 3.63) is 53.3 Å². The van der Waals surface area contributed by atoms with Gasteiger partial charge in [0.1, 0.15) is 23.4 Å². The minimum absolute atomic E-state index is 0. The fourth-order valence-corrected chi connectivity index (χ4v) is 6.65. The summed E-state index contributed by atoms with van der Waals surface area (Å²) >= 11 is 0. The number of aromatic hydroxyl groups is 3. The molecule has 3 aliphatic heterocycles. The average Bonchev–Trinajstić information content (AvgIpc) is 3.33. The minimum atomic E-state index is -1.98. The number of phenols is 3. The van der Waals surface area contributed by atoms with Crippen molar-refractivity contribution in [3.8, 4) is 23.0 Å². The summed E-state index contributed by atoms with van der Waals surface area (Å²) in [4.78, 5) is 39.2. The molecule has 1 radical (unpaired) electrons. The number of phenolic OH excluding ortho intramolecular Hbond substituents is 3. The zero-order valence-electron chi connectivity index (χ0n) is 30.7. The van der Waals surface area contributed by atoms with Crippen LogP contribution in [-0.4, -0.2) is 110 Å². The molecule has 0 saturated carbocycles. The van der Waals surface area contributed by atoms with Gasteiger partial charge < -0.3 is 49.8 Å². The maximum atomic E-state index is 13.9. The molecule has 6 N–H and O–H groups in total. The number of carbonyl (C=O) groups excluding carboxylic acids is 3. The minimum Gasteiger partial charge on any atom is -0.507 e. The van der Waals surface area contributed by atoms with Crippen LogP contribution in [0.1, 0.15) is 64.4 Å². The van der Waals surface area contributed by atoms with E-state index < -0.39 is 88.8 Å². The summed E-state index contributed by atoms with van der Waals surface area (Å²) in [6.07, 6.45) is 3.62. The van der Waals surface area contributed by atoms with Crippen LogP contribution < -0.4 is 10.1 Å². The maximum Gasteiger partial charge on any atom is 0.312 e. The zero-order chi connectivity index (χ0) is 37.4. The van der Waals surface area contributed by atoms with Crippen molar-refractivity contribution < 1.29 is 58.9 Å². The fraction of sp³-hybridized carbons (Fsp3) is 0.486. The fourth-order valence-electron chi connectivity index (χ4n) is 6.65. The maximum absolute atomic E-state index is 13.9. The first-order valence-corrected chi connectivity index (χ1v) is 16.4. The van der Waals surface area contributed by atoms with E-state index in [-0.39, 0.29) is 68.5 Å². The molecule has 3 heterocycles. The van der Waals surface area contributed by atoms with Crippen LogP contribution >= 0.6 is 0 Å². The Morgan fingerprint density at radius 2 is 1.59 bits per heavy atom. The quantitative estimate of drug-likeness (QED) is 0.111. The summed E-state index contributed by atoms with van der Waals surface area (Å²) < 4.78 is 23.2. The molecule has 0 fully saturated rings. The summed E-state index contributed by atoms with van der Waals surface area (Å²) in [6.45, 7) is 12.5. The van der Waals surface area contributed by atoms with Crippen LogP contribution in [0.25, 0.3) is 10.8 Å². The van der Waals surface area contributed by atoms with Gasteiger partial charge in [0.15, 0.2) is 5.75 Å². The zero-order valence-corrected chi connectivity index (χ0v) is 32.7. The smallest absolute Gasteiger partial charge is 0.312 e. The molecule has 0 saturated heterocycles. The summed E-state index contributed by atoms with van der Waals surface area (Å²) in [6, 6.07) is 1.06. The number of allylic oxidation sites excluding steroid dienone is 2. The number of aliphatic hydroxyl groups excluding tert-OH is 2. The van der Waals surface area contributed by atoms with Crippen molar-refractivity contribution in [2.45, 2.75) is 85.6 Å². The number of rotatable bonds is 2. The number of ether oxygens (including phenoxy) is 4. The third kappa shape index (κ3) is 8.08. The van der Waals surface area contributed by atoms with Gasteiger partial charge in [0.05, 0.1) is 41.2 Å². The molecule has 0 aromatic heterocycles. The van der Waals surface area contributed by atoms with Crippen LogP contribution in [0.4, 0.5) is 5.69 Å². The molecule has 0 aliphatic carbocycles. The molecule has 2 aromatic rings. The predicted octanol–water partition coefficient (Wildman–Crippen LogP) is 4.37. The third-order valence-corrected chi connectivity index (χ3v) is 9.84. The van der Waals surface area contributed by atoms with Crippen LogP contribution in [0.3, 0.4) is 0 Å². The SMILES string of the molecule is CO[C@H]1C=CO[C@@]2(C)Oc3c(C)c(O)c4c(O)c(cc(O)c4c3C2=O)NC(=O)/C(C)=C\C=C/[C@H](C)[C@H](O)[C@@H](C)[C@@H](O)[C@@H](C)[C@H](OC(C)=O)[C@@H]1C.[Na]. The average molecular weight is 721 g/mol. The molecule has 51 heavy (non-hydrogen) atoms. The van der Waals surface area contributed by atoms with Gasteiger partial charge in [0, 0.05) is 96.8 Å². The molecular formula is C37H47NNaO12. The van der Waals surface area contributed by atoms with Gasteiger partial charge in [-0.05, 0) is 19.9 Å². The number of benzene rings is 2. The molecule has 1 amide bonds. The van der Waals surface area contributed by atoms with Crippen LogP contribution in [0.15, 0.2) is 42.2 Å². The van der Waals surface area contributed by atoms with Crippen molar-refractivity contribution in [2.24, 2.45) is 23.7 Å². The number of esters is 1. The first kappa shape index (κ1) is 41.8. The van der Waals surface area contributed by atoms with E-state index in [2.05, 4.69) is 5.32 Å². The topological polar surface area (TPSA) is 201 Å². The Balaban J connectivity index is 0.00000702. The molecule has 0 unspecified atom stereocenters. The van der Waals surface area contributed by atoms with Gasteiger partial charge in [0.2, 0.25) is 0 Å². The summed E-state index contributed by atoms with van der Waals surface area (Å²) in [5.41, 5.74) is -0.0929. The van der Waals surface area contributed by atoms with Crippen LogP contribution in [0, 0.1) is 30.6 Å². The van der Waals surface area contributed by atoms with Crippen LogP contribution in [-0.2, 0) is 23.8 Å².